The highest BCUT2D eigenvalue weighted by molar-refractivity contribution is 6.30. The van der Waals surface area contributed by atoms with Crippen LogP contribution in [0.5, 0.6) is 0 Å². The number of H-pyrrole nitrogens is 1. The predicted octanol–water partition coefficient (Wildman–Crippen LogP) is 6.83. The number of aromatic amines is 1. The second-order valence-corrected chi connectivity index (χ2v) is 9.24. The van der Waals surface area contributed by atoms with Crippen LogP contribution in [0.2, 0.25) is 5.02 Å². The summed E-state index contributed by atoms with van der Waals surface area (Å²) >= 11 is 6.15. The second kappa shape index (κ2) is 6.75. The third-order valence-electron chi connectivity index (χ3n) is 5.84. The molecule has 1 aromatic heterocycles. The molecule has 4 aromatic rings. The van der Waals surface area contributed by atoms with Gasteiger partial charge >= 0.3 is 0 Å². The van der Waals surface area contributed by atoms with Gasteiger partial charge in [0.1, 0.15) is 0 Å². The van der Waals surface area contributed by atoms with Crippen molar-refractivity contribution in [2.24, 2.45) is 0 Å². The summed E-state index contributed by atoms with van der Waals surface area (Å²) in [7, 11) is 0. The number of nitrogens with zero attached hydrogens (tertiary/aromatic N) is 1. The minimum Gasteiger partial charge on any atom is -0.354 e. The van der Waals surface area contributed by atoms with Crippen LogP contribution in [0.15, 0.2) is 72.8 Å². The molecule has 0 saturated carbocycles. The van der Waals surface area contributed by atoms with Crippen LogP contribution in [-0.2, 0) is 0 Å². The number of halogens is 1. The Morgan fingerprint density at radius 1 is 0.900 bits per heavy atom. The largest absolute Gasteiger partial charge is 0.354 e. The number of amides is 1. The Kier molecular flexibility index (Phi) is 4.26. The van der Waals surface area contributed by atoms with Crippen molar-refractivity contribution in [1.82, 2.24) is 9.88 Å². The summed E-state index contributed by atoms with van der Waals surface area (Å²) in [5.74, 6) is 0.0791. The van der Waals surface area contributed by atoms with Crippen molar-refractivity contribution in [3.8, 4) is 11.3 Å². The minimum atomic E-state index is -0.337. The molecular formula is C26H23ClN2O. The predicted molar refractivity (Wildman–Crippen MR) is 123 cm³/mol. The lowest BCUT2D eigenvalue weighted by molar-refractivity contribution is 0.0554. The van der Waals surface area contributed by atoms with E-state index in [4.69, 9.17) is 11.6 Å². The van der Waals surface area contributed by atoms with E-state index < -0.39 is 0 Å². The number of para-hydroxylation sites is 1. The standard InChI is InChI=1S/C26H23ClN2O/c1-26(2,3)29-24(18-8-4-5-9-19(18)25(29)30)22-20-10-6-7-11-21(20)28-23(22)16-12-14-17(27)15-13-16/h4-15,24,28H,1-3H3. The smallest absolute Gasteiger partial charge is 0.255 e. The molecule has 1 unspecified atom stereocenters. The molecule has 1 N–H and O–H groups in total. The average Bonchev–Trinajstić information content (AvgIpc) is 3.24. The van der Waals surface area contributed by atoms with E-state index in [2.05, 4.69) is 50.0 Å². The Bertz CT molecular complexity index is 1260. The zero-order valence-corrected chi connectivity index (χ0v) is 18.0. The number of fused-ring (bicyclic) bond motifs is 2. The first kappa shape index (κ1) is 19.0. The maximum Gasteiger partial charge on any atom is 0.255 e. The van der Waals surface area contributed by atoms with Gasteiger partial charge in [-0.3, -0.25) is 4.79 Å². The number of carbonyl (C=O) groups is 1. The third-order valence-corrected chi connectivity index (χ3v) is 6.09. The van der Waals surface area contributed by atoms with Crippen LogP contribution < -0.4 is 0 Å². The van der Waals surface area contributed by atoms with Crippen LogP contribution in [0.1, 0.15) is 48.3 Å². The first-order valence-electron chi connectivity index (χ1n) is 10.2. The van der Waals surface area contributed by atoms with Crippen molar-refractivity contribution < 1.29 is 4.79 Å². The van der Waals surface area contributed by atoms with E-state index in [-0.39, 0.29) is 17.5 Å². The van der Waals surface area contributed by atoms with Crippen molar-refractivity contribution in [3.05, 3.63) is 94.5 Å². The lowest BCUT2D eigenvalue weighted by Gasteiger charge is -2.38. The van der Waals surface area contributed by atoms with Crippen molar-refractivity contribution >= 4 is 28.4 Å². The first-order chi connectivity index (χ1) is 14.4. The second-order valence-electron chi connectivity index (χ2n) is 8.80. The molecule has 1 aliphatic heterocycles. The molecule has 2 heterocycles. The van der Waals surface area contributed by atoms with Gasteiger partial charge in [0, 0.05) is 32.6 Å². The summed E-state index contributed by atoms with van der Waals surface area (Å²) in [6.07, 6.45) is 0. The topological polar surface area (TPSA) is 36.1 Å². The molecule has 0 spiro atoms. The van der Waals surface area contributed by atoms with Gasteiger partial charge in [-0.15, -0.1) is 0 Å². The van der Waals surface area contributed by atoms with Crippen molar-refractivity contribution in [1.29, 1.82) is 0 Å². The molecule has 150 valence electrons. The van der Waals surface area contributed by atoms with E-state index in [1.807, 2.05) is 53.4 Å². The number of rotatable bonds is 2. The highest BCUT2D eigenvalue weighted by Crippen LogP contribution is 2.47. The highest BCUT2D eigenvalue weighted by Gasteiger charge is 2.44. The van der Waals surface area contributed by atoms with Gasteiger partial charge in [-0.05, 0) is 56.2 Å². The van der Waals surface area contributed by atoms with Crippen molar-refractivity contribution in [3.63, 3.8) is 0 Å². The maximum atomic E-state index is 13.5. The molecule has 3 nitrogen and oxygen atoms in total. The summed E-state index contributed by atoms with van der Waals surface area (Å²) in [6.45, 7) is 6.29. The number of aromatic nitrogens is 1. The number of hydrogen-bond acceptors (Lipinski definition) is 1. The molecule has 1 amide bonds. The van der Waals surface area contributed by atoms with Crippen molar-refractivity contribution in [2.45, 2.75) is 32.4 Å². The van der Waals surface area contributed by atoms with Gasteiger partial charge in [0.05, 0.1) is 11.7 Å². The van der Waals surface area contributed by atoms with Gasteiger partial charge in [0.15, 0.2) is 0 Å². The van der Waals surface area contributed by atoms with E-state index in [9.17, 15) is 4.79 Å². The normalized spacial score (nSPS) is 16.3. The molecule has 0 aliphatic carbocycles. The molecule has 5 rings (SSSR count). The Hall–Kier alpha value is -3.04. The number of carbonyl (C=O) groups excluding carboxylic acids is 1. The van der Waals surface area contributed by atoms with E-state index >= 15 is 0 Å². The number of benzene rings is 3. The molecule has 1 aliphatic rings. The van der Waals surface area contributed by atoms with Crippen LogP contribution in [0.3, 0.4) is 0 Å². The van der Waals surface area contributed by atoms with Crippen molar-refractivity contribution in [2.75, 3.05) is 0 Å². The van der Waals surface area contributed by atoms with E-state index in [0.29, 0.717) is 5.02 Å². The quantitative estimate of drug-likeness (QED) is 0.383. The molecule has 30 heavy (non-hydrogen) atoms. The molecule has 1 atom stereocenters. The first-order valence-corrected chi connectivity index (χ1v) is 10.5. The third kappa shape index (κ3) is 2.85. The Labute approximate surface area is 181 Å². The lowest BCUT2D eigenvalue weighted by atomic mass is 9.91. The van der Waals surface area contributed by atoms with Gasteiger partial charge in [-0.2, -0.15) is 0 Å². The summed E-state index contributed by atoms with van der Waals surface area (Å²) in [5.41, 5.74) is 5.76. The van der Waals surface area contributed by atoms with Gasteiger partial charge in [0.25, 0.3) is 5.91 Å². The minimum absolute atomic E-state index is 0.0791. The fourth-order valence-electron chi connectivity index (χ4n) is 4.58. The van der Waals surface area contributed by atoms with Gasteiger partial charge < -0.3 is 9.88 Å². The molecule has 0 saturated heterocycles. The van der Waals surface area contributed by atoms with Crippen LogP contribution in [0, 0.1) is 0 Å². The Balaban J connectivity index is 1.84. The Morgan fingerprint density at radius 2 is 1.57 bits per heavy atom. The highest BCUT2D eigenvalue weighted by atomic mass is 35.5. The fraction of sp³-hybridized carbons (Fsp3) is 0.192. The maximum absolute atomic E-state index is 13.5. The van der Waals surface area contributed by atoms with E-state index in [1.165, 1.54) is 0 Å². The monoisotopic (exact) mass is 414 g/mol. The zero-order chi connectivity index (χ0) is 21.0. The summed E-state index contributed by atoms with van der Waals surface area (Å²) in [5, 5.41) is 1.83. The summed E-state index contributed by atoms with van der Waals surface area (Å²) < 4.78 is 0. The van der Waals surface area contributed by atoms with E-state index in [1.54, 1.807) is 0 Å². The molecule has 0 fully saturated rings. The summed E-state index contributed by atoms with van der Waals surface area (Å²) in [6, 6.07) is 24.0. The Morgan fingerprint density at radius 3 is 2.30 bits per heavy atom. The lowest BCUT2D eigenvalue weighted by Crippen LogP contribution is -2.44. The van der Waals surface area contributed by atoms with Gasteiger partial charge in [-0.1, -0.05) is 60.1 Å². The fourth-order valence-corrected chi connectivity index (χ4v) is 4.71. The van der Waals surface area contributed by atoms with E-state index in [0.717, 1.165) is 38.9 Å². The van der Waals surface area contributed by atoms with Crippen LogP contribution in [0.25, 0.3) is 22.2 Å². The van der Waals surface area contributed by atoms with Crippen LogP contribution in [0.4, 0.5) is 0 Å². The molecular weight excluding hydrogens is 392 g/mol. The van der Waals surface area contributed by atoms with Crippen LogP contribution in [-0.4, -0.2) is 21.3 Å². The van der Waals surface area contributed by atoms with Gasteiger partial charge in [0.2, 0.25) is 0 Å². The van der Waals surface area contributed by atoms with Crippen LogP contribution >= 0.6 is 11.6 Å². The molecule has 4 heteroatoms. The van der Waals surface area contributed by atoms with Gasteiger partial charge in [-0.25, -0.2) is 0 Å². The molecule has 0 radical (unpaired) electrons. The molecule has 3 aromatic carbocycles. The SMILES string of the molecule is CC(C)(C)N1C(=O)c2ccccc2C1c1c(-c2ccc(Cl)cc2)[nH]c2ccccc12. The number of hydrogen-bond donors (Lipinski definition) is 1. The zero-order valence-electron chi connectivity index (χ0n) is 17.2. The summed E-state index contributed by atoms with van der Waals surface area (Å²) in [4.78, 5) is 19.1. The average molecular weight is 415 g/mol. The molecule has 0 bridgehead atoms. The number of nitrogens with one attached hydrogen (secondary N) is 1.